The van der Waals surface area contributed by atoms with Crippen LogP contribution in [0.15, 0.2) is 41.6 Å². The number of nitrogens with zero attached hydrogens (tertiary/aromatic N) is 2. The van der Waals surface area contributed by atoms with Gasteiger partial charge in [0.2, 0.25) is 5.95 Å². The van der Waals surface area contributed by atoms with E-state index in [4.69, 9.17) is 9.88 Å². The standard InChI is InChI=1S/C21H27N5O4S.CH3BrS/c1-20(7-2-8-20)26-19(27)30-21(28,29)15-9-13(10-15)14-11-23-18(24-12-14)25-16-3-5-17(31-22)6-4-16;1-3-2/h3-6,11-13,15,28-29H,2,7-10,22H2,1H3,(H,26,27)(H,23,24,25);1H3. The minimum atomic E-state index is -2.49. The van der Waals surface area contributed by atoms with Gasteiger partial charge in [0.15, 0.2) is 0 Å². The van der Waals surface area contributed by atoms with Crippen LogP contribution in [0.1, 0.15) is 50.5 Å². The molecule has 34 heavy (non-hydrogen) atoms. The first-order valence-corrected chi connectivity index (χ1v) is 14.8. The van der Waals surface area contributed by atoms with Crippen molar-refractivity contribution in [1.82, 2.24) is 15.3 Å². The third kappa shape index (κ3) is 7.22. The molecule has 0 radical (unpaired) electrons. The molecule has 1 aromatic carbocycles. The molecule has 2 aliphatic carbocycles. The van der Waals surface area contributed by atoms with Gasteiger partial charge in [0.25, 0.3) is 0 Å². The highest BCUT2D eigenvalue weighted by atomic mass is 79.9. The topological polar surface area (TPSA) is 143 Å². The lowest BCUT2D eigenvalue weighted by Gasteiger charge is -2.43. The van der Waals surface area contributed by atoms with Gasteiger partial charge in [0, 0.05) is 28.5 Å². The molecule has 0 aliphatic heterocycles. The number of benzene rings is 1. The molecule has 2 aromatic rings. The summed E-state index contributed by atoms with van der Waals surface area (Å²) in [5.74, 6) is -2.50. The molecular weight excluding hydrogens is 542 g/mol. The van der Waals surface area contributed by atoms with Gasteiger partial charge < -0.3 is 25.6 Å². The average molecular weight is 573 g/mol. The summed E-state index contributed by atoms with van der Waals surface area (Å²) in [6.07, 6.45) is 8.30. The number of carbonyl (C=O) groups is 1. The summed E-state index contributed by atoms with van der Waals surface area (Å²) < 4.78 is 4.91. The minimum Gasteiger partial charge on any atom is -0.391 e. The third-order valence-electron chi connectivity index (χ3n) is 6.16. The minimum absolute atomic E-state index is 0.0781. The van der Waals surface area contributed by atoms with Crippen LogP contribution in [-0.4, -0.2) is 44.0 Å². The van der Waals surface area contributed by atoms with Gasteiger partial charge in [-0.25, -0.2) is 14.8 Å². The first-order chi connectivity index (χ1) is 16.2. The number of hydrogen-bond acceptors (Lipinski definition) is 10. The fourth-order valence-corrected chi connectivity index (χ4v) is 4.17. The number of alkyl carbamates (subject to hydrolysis) is 1. The van der Waals surface area contributed by atoms with Gasteiger partial charge in [0.1, 0.15) is 0 Å². The predicted octanol–water partition coefficient (Wildman–Crippen LogP) is 4.65. The Kier molecular flexibility index (Phi) is 9.47. The van der Waals surface area contributed by atoms with Crippen molar-refractivity contribution in [3.05, 3.63) is 42.2 Å². The molecular formula is C22H30BrN5O4S2. The summed E-state index contributed by atoms with van der Waals surface area (Å²) in [5.41, 5.74) is 1.44. The smallest absolute Gasteiger partial charge is 0.391 e. The summed E-state index contributed by atoms with van der Waals surface area (Å²) in [7, 11) is 1.56. The number of carbonyl (C=O) groups excluding carboxylic acids is 1. The first kappa shape index (κ1) is 27.0. The van der Waals surface area contributed by atoms with E-state index in [1.54, 1.807) is 22.6 Å². The summed E-state index contributed by atoms with van der Waals surface area (Å²) >= 11 is 4.25. The molecule has 0 bridgehead atoms. The molecule has 0 spiro atoms. The Morgan fingerprint density at radius 3 is 2.32 bits per heavy atom. The zero-order valence-electron chi connectivity index (χ0n) is 19.0. The molecule has 186 valence electrons. The summed E-state index contributed by atoms with van der Waals surface area (Å²) in [6, 6.07) is 7.60. The van der Waals surface area contributed by atoms with E-state index < -0.39 is 18.0 Å². The van der Waals surface area contributed by atoms with Gasteiger partial charge in [-0.3, -0.25) is 5.14 Å². The Morgan fingerprint density at radius 2 is 1.82 bits per heavy atom. The number of nitrogens with one attached hydrogen (secondary N) is 2. The highest BCUT2D eigenvalue weighted by Gasteiger charge is 2.48. The normalized spacial score (nSPS) is 20.6. The van der Waals surface area contributed by atoms with Crippen LogP contribution in [0.3, 0.4) is 0 Å². The summed E-state index contributed by atoms with van der Waals surface area (Å²) in [5, 5.41) is 31.8. The van der Waals surface area contributed by atoms with Gasteiger partial charge >= 0.3 is 12.1 Å². The van der Waals surface area contributed by atoms with Gasteiger partial charge in [-0.05, 0) is 108 Å². The van der Waals surface area contributed by atoms with Crippen LogP contribution < -0.4 is 15.8 Å². The monoisotopic (exact) mass is 571 g/mol. The van der Waals surface area contributed by atoms with E-state index in [0.29, 0.717) is 18.8 Å². The molecule has 0 atom stereocenters. The lowest BCUT2D eigenvalue weighted by molar-refractivity contribution is -0.350. The van der Waals surface area contributed by atoms with Crippen LogP contribution in [0.25, 0.3) is 0 Å². The Morgan fingerprint density at radius 1 is 1.24 bits per heavy atom. The van der Waals surface area contributed by atoms with E-state index >= 15 is 0 Å². The fraction of sp³-hybridized carbons (Fsp3) is 0.500. The van der Waals surface area contributed by atoms with Crippen LogP contribution in [0, 0.1) is 5.92 Å². The Bertz CT molecular complexity index is 939. The number of rotatable bonds is 7. The number of amides is 1. The maximum atomic E-state index is 12.0. The van der Waals surface area contributed by atoms with Crippen LogP contribution >= 0.6 is 37.0 Å². The van der Waals surface area contributed by atoms with Crippen molar-refractivity contribution >= 4 is 54.7 Å². The maximum absolute atomic E-state index is 12.0. The highest BCUT2D eigenvalue weighted by Crippen LogP contribution is 2.46. The number of aromatic nitrogens is 2. The van der Waals surface area contributed by atoms with Crippen LogP contribution in [0.4, 0.5) is 16.4 Å². The third-order valence-corrected chi connectivity index (χ3v) is 6.71. The SMILES string of the molecule is CC1(NC(=O)OC(O)(O)C2CC(c3cnc(Nc4ccc(SN)cc4)nc3)C2)CCC1.CSBr. The summed E-state index contributed by atoms with van der Waals surface area (Å²) in [6.45, 7) is 1.92. The van der Waals surface area contributed by atoms with Crippen LogP contribution in [0.2, 0.25) is 0 Å². The van der Waals surface area contributed by atoms with Crippen molar-refractivity contribution in [3.63, 3.8) is 0 Å². The van der Waals surface area contributed by atoms with E-state index in [1.165, 1.54) is 11.9 Å². The Balaban J connectivity index is 0.00000103. The van der Waals surface area contributed by atoms with Crippen molar-refractivity contribution in [2.75, 3.05) is 11.6 Å². The van der Waals surface area contributed by atoms with Crippen molar-refractivity contribution in [2.45, 2.75) is 61.4 Å². The zero-order valence-corrected chi connectivity index (χ0v) is 22.3. The lowest BCUT2D eigenvalue weighted by atomic mass is 9.71. The molecule has 2 saturated carbocycles. The molecule has 4 rings (SSSR count). The number of ether oxygens (including phenoxy) is 1. The quantitative estimate of drug-likeness (QED) is 0.235. The zero-order chi connectivity index (χ0) is 24.8. The molecule has 0 unspecified atom stereocenters. The van der Waals surface area contributed by atoms with E-state index in [0.717, 1.165) is 35.4 Å². The van der Waals surface area contributed by atoms with Gasteiger partial charge in [0.05, 0.1) is 5.92 Å². The van der Waals surface area contributed by atoms with Crippen molar-refractivity contribution in [2.24, 2.45) is 11.1 Å². The second-order valence-corrected chi connectivity index (χ2v) is 11.7. The van der Waals surface area contributed by atoms with Gasteiger partial charge in [-0.1, -0.05) is 10.2 Å². The Labute approximate surface area is 215 Å². The van der Waals surface area contributed by atoms with Gasteiger partial charge in [-0.2, -0.15) is 0 Å². The number of hydrogen-bond donors (Lipinski definition) is 5. The van der Waals surface area contributed by atoms with Crippen molar-refractivity contribution in [3.8, 4) is 0 Å². The maximum Gasteiger partial charge on any atom is 0.411 e. The number of nitrogens with two attached hydrogens (primary N) is 1. The first-order valence-electron chi connectivity index (χ1n) is 10.8. The van der Waals surface area contributed by atoms with Crippen LogP contribution in [0.5, 0.6) is 0 Å². The second-order valence-electron chi connectivity index (χ2n) is 8.71. The van der Waals surface area contributed by atoms with E-state index in [2.05, 4.69) is 35.4 Å². The summed E-state index contributed by atoms with van der Waals surface area (Å²) in [4.78, 5) is 21.6. The van der Waals surface area contributed by atoms with Crippen LogP contribution in [-0.2, 0) is 4.74 Å². The Hall–Kier alpha value is -1.57. The molecule has 1 heterocycles. The van der Waals surface area contributed by atoms with E-state index in [1.807, 2.05) is 37.4 Å². The molecule has 2 fully saturated rings. The fourth-order valence-electron chi connectivity index (χ4n) is 3.88. The van der Waals surface area contributed by atoms with Crippen molar-refractivity contribution in [1.29, 1.82) is 0 Å². The lowest BCUT2D eigenvalue weighted by Crippen LogP contribution is -2.55. The predicted molar refractivity (Wildman–Crippen MR) is 139 cm³/mol. The molecule has 1 aromatic heterocycles. The molecule has 9 nitrogen and oxygen atoms in total. The van der Waals surface area contributed by atoms with E-state index in [9.17, 15) is 15.0 Å². The highest BCUT2D eigenvalue weighted by molar-refractivity contribution is 9.50. The molecule has 1 amide bonds. The number of anilines is 2. The molecule has 0 saturated heterocycles. The van der Waals surface area contributed by atoms with Crippen molar-refractivity contribution < 1.29 is 19.7 Å². The molecule has 2 aliphatic rings. The van der Waals surface area contributed by atoms with E-state index in [-0.39, 0.29) is 11.5 Å². The number of aliphatic hydroxyl groups is 2. The number of halogens is 1. The molecule has 6 N–H and O–H groups in total. The van der Waals surface area contributed by atoms with Gasteiger partial charge in [-0.15, -0.1) is 0 Å². The second kappa shape index (κ2) is 11.9. The largest absolute Gasteiger partial charge is 0.411 e. The average Bonchev–Trinajstić information content (AvgIpc) is 2.73. The molecule has 12 heteroatoms.